The summed E-state index contributed by atoms with van der Waals surface area (Å²) < 4.78 is 0. The molecule has 95 heavy (non-hydrogen) atoms. The van der Waals surface area contributed by atoms with Gasteiger partial charge in [-0.1, -0.05) is 83.0 Å². The maximum absolute atomic E-state index is 15.0. The molecule has 38 heteroatoms. The number of nitrogens with zero attached hydrogens (tertiary/aromatic N) is 2. The molecule has 3 fully saturated rings. The van der Waals surface area contributed by atoms with Gasteiger partial charge in [0.15, 0.2) is 0 Å². The van der Waals surface area contributed by atoms with Crippen LogP contribution < -0.4 is 81.4 Å². The van der Waals surface area contributed by atoms with Crippen LogP contribution in [0.3, 0.4) is 0 Å². The van der Waals surface area contributed by atoms with Crippen molar-refractivity contribution in [1.29, 1.82) is 0 Å². The summed E-state index contributed by atoms with van der Waals surface area (Å²) in [7, 11) is 3.59. The number of rotatable bonds is 20. The van der Waals surface area contributed by atoms with E-state index in [-0.39, 0.29) is 73.3 Å². The van der Waals surface area contributed by atoms with Crippen LogP contribution in [0.25, 0.3) is 0 Å². The summed E-state index contributed by atoms with van der Waals surface area (Å²) in [5.74, 6) is -15.4. The summed E-state index contributed by atoms with van der Waals surface area (Å²) in [6.45, 7) is 4.92. The molecule has 12 atom stereocenters. The number of phenols is 1. The zero-order chi connectivity index (χ0) is 70.1. The van der Waals surface area contributed by atoms with E-state index in [9.17, 15) is 77.3 Å². The van der Waals surface area contributed by atoms with E-state index in [4.69, 9.17) is 22.9 Å². The molecular weight excluding hydrogens is 1320 g/mol. The van der Waals surface area contributed by atoms with Gasteiger partial charge in [-0.3, -0.25) is 67.1 Å². The quantitative estimate of drug-likeness (QED) is 0.0433. The molecule has 2 bridgehead atoms. The Bertz CT molecular complexity index is 3040. The van der Waals surface area contributed by atoms with Gasteiger partial charge in [0.05, 0.1) is 38.0 Å². The van der Waals surface area contributed by atoms with E-state index in [1.807, 2.05) is 0 Å². The Morgan fingerprint density at radius 2 is 1.33 bits per heavy atom. The van der Waals surface area contributed by atoms with E-state index in [1.165, 1.54) is 36.8 Å². The van der Waals surface area contributed by atoms with Crippen molar-refractivity contribution in [3.8, 4) is 5.75 Å². The van der Waals surface area contributed by atoms with Gasteiger partial charge < -0.3 is 102 Å². The molecule has 0 saturated carbocycles. The number of hydrogen-bond acceptors (Lipinski definition) is 23. The third-order valence-electron chi connectivity index (χ3n) is 14.9. The minimum absolute atomic E-state index is 0.00364. The van der Waals surface area contributed by atoms with Crippen LogP contribution >= 0.6 is 43.2 Å². The third kappa shape index (κ3) is 25.6. The van der Waals surface area contributed by atoms with Gasteiger partial charge in [-0.2, -0.15) is 0 Å². The number of carbonyl (C=O) groups is 14. The topological polar surface area (TPSA) is 548 Å². The number of amides is 14. The largest absolute Gasteiger partial charge is 0.508 e. The molecule has 1 aromatic carbocycles. The van der Waals surface area contributed by atoms with Crippen LogP contribution in [0.15, 0.2) is 36.8 Å². The van der Waals surface area contributed by atoms with Gasteiger partial charge in [-0.25, -0.2) is 4.98 Å². The van der Waals surface area contributed by atoms with Gasteiger partial charge in [0.1, 0.15) is 66.2 Å². The lowest BCUT2D eigenvalue weighted by molar-refractivity contribution is -0.142. The Labute approximate surface area is 563 Å². The minimum atomic E-state index is -1.62. The molecule has 2 aromatic rings. The van der Waals surface area contributed by atoms with Gasteiger partial charge in [-0.15, -0.1) is 0 Å². The van der Waals surface area contributed by atoms with Crippen LogP contribution in [-0.4, -0.2) is 230 Å². The van der Waals surface area contributed by atoms with Crippen LogP contribution in [-0.2, 0) is 80.0 Å². The van der Waals surface area contributed by atoms with Crippen molar-refractivity contribution in [2.75, 3.05) is 49.2 Å². The van der Waals surface area contributed by atoms with Gasteiger partial charge >= 0.3 is 0 Å². The number of fused-ring (bicyclic) bond motifs is 6. The molecule has 3 aliphatic heterocycles. The van der Waals surface area contributed by atoms with Gasteiger partial charge in [-0.05, 0) is 61.8 Å². The number of aromatic nitrogens is 2. The molecular formula is C57H86N18O16S4. The van der Waals surface area contributed by atoms with Crippen molar-refractivity contribution in [3.05, 3.63) is 48.0 Å². The second kappa shape index (κ2) is 38.6. The average Bonchev–Trinajstić information content (AvgIpc) is 1.71. The molecule has 3 saturated heterocycles. The fourth-order valence-electron chi connectivity index (χ4n) is 9.87. The maximum atomic E-state index is 15.0. The van der Waals surface area contributed by atoms with Crippen molar-refractivity contribution in [1.82, 2.24) is 73.4 Å². The lowest BCUT2D eigenvalue weighted by Gasteiger charge is -2.31. The van der Waals surface area contributed by atoms with E-state index in [0.717, 1.165) is 48.1 Å². The number of aromatic hydroxyl groups is 1. The molecule has 22 N–H and O–H groups in total. The normalized spacial score (nSPS) is 25.1. The van der Waals surface area contributed by atoms with Crippen molar-refractivity contribution in [2.24, 2.45) is 34.8 Å². The summed E-state index contributed by atoms with van der Waals surface area (Å²) in [5, 5.41) is 49.4. The average molecular weight is 1410 g/mol. The van der Waals surface area contributed by atoms with Crippen molar-refractivity contribution in [2.45, 2.75) is 152 Å². The number of aliphatic hydroxyl groups excluding tert-OH is 1. The molecule has 34 nitrogen and oxygen atoms in total. The van der Waals surface area contributed by atoms with Crippen LogP contribution in [0.5, 0.6) is 5.75 Å². The third-order valence-corrected chi connectivity index (χ3v) is 19.8. The fourth-order valence-corrected chi connectivity index (χ4v) is 14.5. The zero-order valence-electron chi connectivity index (χ0n) is 52.8. The SMILES string of the molecule is CC(C)C[C@@H]1NC(=O)[C@H](CCCCN)NC(=O)[C@H](Cc2ccc(O)cc2)NC(=O)CNC(=O)[C@@H]2CSSC[C@H](NC1=O)C(=O)N[C@@H](Cc1cnc[nH]1)C(=O)N1C[C@H](O)C[C@H]1C(=O)N[C@H](C(N)=O)CSSC[C@H](NC(=O)[C@@H](NC(=O)CNC(=O)[C@@H](N)CC(N)=O)C(C)C)C(=O)N2. The summed E-state index contributed by atoms with van der Waals surface area (Å²) >= 11 is 0. The Balaban J connectivity index is 1.61. The number of H-pyrrole nitrogens is 1. The number of benzene rings is 1. The van der Waals surface area contributed by atoms with Crippen molar-refractivity contribution < 1.29 is 77.3 Å². The van der Waals surface area contributed by atoms with Crippen LogP contribution in [0, 0.1) is 11.8 Å². The Morgan fingerprint density at radius 1 is 0.705 bits per heavy atom. The number of carbonyl (C=O) groups excluding carboxylic acids is 14. The fraction of sp³-hybridized carbons (Fsp3) is 0.596. The minimum Gasteiger partial charge on any atom is -0.508 e. The predicted molar refractivity (Wildman–Crippen MR) is 352 cm³/mol. The van der Waals surface area contributed by atoms with Crippen molar-refractivity contribution in [3.63, 3.8) is 0 Å². The number of phenolic OH excluding ortho intramolecular Hbond substituents is 1. The van der Waals surface area contributed by atoms with E-state index < -0.39 is 187 Å². The standard InChI is InChI=1S/C57H86N18O16S4/c1-27(2)13-35-51(85)72-40-24-95-93-23-39(49(83)64-19-44(79)66-36(14-29-8-10-31(76)11-9-29)52(86)67-34(50(84)68-35)7-5-6-12-58)71-54(88)41(73-56(90)46(28(3)4)74-45(80)20-63-48(82)33(59)17-43(60)78)25-94-92-22-38(47(61)81)70-55(89)42-16-32(77)21-75(42)57(91)37(69-53(40)87)15-30-18-62-26-65-30/h8-11,18,26-28,32-42,46,76-77H,5-7,12-17,19-25,58-59H2,1-4H3,(H2,60,78)(H2,61,81)(H,62,65)(H,63,82)(H,64,83)(H,66,79)(H,67,86)(H,68,84)(H,69,87)(H,70,89)(H,71,88)(H,72,85)(H,73,90)(H,74,80)/t32-,33+,34+,35+,36+,37+,38+,39+,40+,41+,42+,46+/m1/s1. The predicted octanol–water partition coefficient (Wildman–Crippen LogP) is -6.23. The smallest absolute Gasteiger partial charge is 0.246 e. The molecule has 4 heterocycles. The summed E-state index contributed by atoms with van der Waals surface area (Å²) in [5.41, 5.74) is 23.2. The van der Waals surface area contributed by atoms with E-state index in [0.29, 0.717) is 24.1 Å². The molecule has 1 aromatic heterocycles. The highest BCUT2D eigenvalue weighted by atomic mass is 33.1. The highest BCUT2D eigenvalue weighted by molar-refractivity contribution is 8.77. The van der Waals surface area contributed by atoms with E-state index in [2.05, 4.69) is 68.5 Å². The van der Waals surface area contributed by atoms with E-state index >= 15 is 0 Å². The Kier molecular flexibility index (Phi) is 31.6. The second-order valence-electron chi connectivity index (χ2n) is 23.6. The summed E-state index contributed by atoms with van der Waals surface area (Å²) in [4.78, 5) is 203. The summed E-state index contributed by atoms with van der Waals surface area (Å²) in [6, 6.07) is -10.6. The first-order chi connectivity index (χ1) is 45.0. The highest BCUT2D eigenvalue weighted by Gasteiger charge is 2.44. The van der Waals surface area contributed by atoms with E-state index in [1.54, 1.807) is 27.7 Å². The number of aliphatic hydroxyl groups is 1. The maximum Gasteiger partial charge on any atom is 0.246 e. The van der Waals surface area contributed by atoms with Crippen molar-refractivity contribution >= 4 is 126 Å². The molecule has 3 aliphatic rings. The van der Waals surface area contributed by atoms with Crippen LogP contribution in [0.4, 0.5) is 0 Å². The number of aromatic amines is 1. The molecule has 0 spiro atoms. The second-order valence-corrected chi connectivity index (χ2v) is 28.7. The number of nitrogens with two attached hydrogens (primary N) is 4. The van der Waals surface area contributed by atoms with Crippen LogP contribution in [0.1, 0.15) is 77.5 Å². The molecule has 0 radical (unpaired) electrons. The van der Waals surface area contributed by atoms with Gasteiger partial charge in [0.25, 0.3) is 0 Å². The van der Waals surface area contributed by atoms with Gasteiger partial charge in [0, 0.05) is 60.7 Å². The number of imidazole rings is 1. The first-order valence-electron chi connectivity index (χ1n) is 30.6. The first kappa shape index (κ1) is 77.8. The molecule has 524 valence electrons. The first-order valence-corrected chi connectivity index (χ1v) is 35.5. The Hall–Kier alpha value is -7.91. The monoisotopic (exact) mass is 1410 g/mol. The molecule has 0 aliphatic carbocycles. The number of nitrogens with one attached hydrogen (secondary N) is 12. The van der Waals surface area contributed by atoms with Crippen LogP contribution in [0.2, 0.25) is 0 Å². The molecule has 14 amide bonds. The Morgan fingerprint density at radius 3 is 1.96 bits per heavy atom. The molecule has 5 rings (SSSR count). The number of primary amides is 2. The number of hydrogen-bond donors (Lipinski definition) is 18. The lowest BCUT2D eigenvalue weighted by atomic mass is 10.0. The lowest BCUT2D eigenvalue weighted by Crippen LogP contribution is -2.61. The number of unbranched alkanes of at least 4 members (excludes halogenated alkanes) is 1. The molecule has 0 unspecified atom stereocenters. The zero-order valence-corrected chi connectivity index (χ0v) is 56.1. The van der Waals surface area contributed by atoms with Gasteiger partial charge in [0.2, 0.25) is 82.7 Å². The summed E-state index contributed by atoms with van der Waals surface area (Å²) in [6.07, 6.45) is 0.794. The highest BCUT2D eigenvalue weighted by Crippen LogP contribution is 2.27.